The number of hydrogen-bond donors (Lipinski definition) is 1. The fourth-order valence-electron chi connectivity index (χ4n) is 5.06. The molecular formula is C40H35N5O5. The van der Waals surface area contributed by atoms with E-state index >= 15 is 0 Å². The number of para-hydroxylation sites is 1. The Hall–Kier alpha value is -6.60. The standard InChI is InChI=1S/C40H35N5O5/c1-40(2,3)50-39(46)29(25-41)23-28-9-8-10-30(24-28)43-37-36-35(49-34-19-17-33(18-20-34)48-32-11-6-5-7-12-32)21-22-42-38(36)45(44-37)26-27-13-15-31(47-4)16-14-27/h5-24H,26H2,1-4H3,(H,43,44)/b29-23-. The number of carbonyl (C=O) groups excluding carboxylic acids is 1. The van der Waals surface area contributed by atoms with Crippen molar-refractivity contribution in [3.8, 4) is 34.8 Å². The largest absolute Gasteiger partial charge is 0.497 e. The fourth-order valence-corrected chi connectivity index (χ4v) is 5.06. The predicted octanol–water partition coefficient (Wildman–Crippen LogP) is 9.07. The highest BCUT2D eigenvalue weighted by Gasteiger charge is 2.21. The fraction of sp³-hybridized carbons (Fsp3) is 0.150. The topological polar surface area (TPSA) is 121 Å². The van der Waals surface area contributed by atoms with Crippen LogP contribution in [-0.4, -0.2) is 33.4 Å². The number of ether oxygens (including phenoxy) is 4. The second-order valence-electron chi connectivity index (χ2n) is 12.3. The molecule has 0 radical (unpaired) electrons. The molecule has 0 aliphatic heterocycles. The van der Waals surface area contributed by atoms with Crippen molar-refractivity contribution in [1.29, 1.82) is 5.26 Å². The van der Waals surface area contributed by atoms with Gasteiger partial charge in [0.15, 0.2) is 11.5 Å². The first kappa shape index (κ1) is 33.3. The number of nitriles is 1. The Kier molecular flexibility index (Phi) is 9.77. The van der Waals surface area contributed by atoms with Gasteiger partial charge in [0.05, 0.1) is 13.7 Å². The normalized spacial score (nSPS) is 11.5. The Labute approximate surface area is 290 Å². The summed E-state index contributed by atoms with van der Waals surface area (Å²) in [4.78, 5) is 17.3. The zero-order chi connectivity index (χ0) is 35.1. The van der Waals surface area contributed by atoms with Crippen LogP contribution in [0, 0.1) is 11.3 Å². The third kappa shape index (κ3) is 8.27. The number of fused-ring (bicyclic) bond motifs is 1. The van der Waals surface area contributed by atoms with Crippen molar-refractivity contribution < 1.29 is 23.7 Å². The Balaban J connectivity index is 1.33. The lowest BCUT2D eigenvalue weighted by atomic mass is 10.1. The average molecular weight is 666 g/mol. The number of pyridine rings is 1. The minimum Gasteiger partial charge on any atom is -0.497 e. The highest BCUT2D eigenvalue weighted by Crippen LogP contribution is 2.36. The van der Waals surface area contributed by atoms with Crippen LogP contribution in [0.25, 0.3) is 17.1 Å². The van der Waals surface area contributed by atoms with Crippen LogP contribution < -0.4 is 19.5 Å². The maximum atomic E-state index is 12.6. The molecule has 1 N–H and O–H groups in total. The number of carbonyl (C=O) groups is 1. The maximum Gasteiger partial charge on any atom is 0.349 e. The minimum absolute atomic E-state index is 0.105. The lowest BCUT2D eigenvalue weighted by Gasteiger charge is -2.18. The van der Waals surface area contributed by atoms with E-state index in [9.17, 15) is 10.1 Å². The Morgan fingerprint density at radius 2 is 1.54 bits per heavy atom. The molecule has 0 fully saturated rings. The van der Waals surface area contributed by atoms with Crippen molar-refractivity contribution >= 4 is 34.6 Å². The summed E-state index contributed by atoms with van der Waals surface area (Å²) in [5.41, 5.74) is 2.08. The summed E-state index contributed by atoms with van der Waals surface area (Å²) in [5, 5.41) is 18.7. The SMILES string of the molecule is COc1ccc(Cn2nc(Nc3cccc(/C=C(/C#N)C(=O)OC(C)(C)C)c3)c3c(Oc4ccc(Oc5ccccc5)cc4)ccnc32)cc1. The lowest BCUT2D eigenvalue weighted by Crippen LogP contribution is -2.24. The third-order valence-corrected chi connectivity index (χ3v) is 7.32. The summed E-state index contributed by atoms with van der Waals surface area (Å²) >= 11 is 0. The summed E-state index contributed by atoms with van der Waals surface area (Å²) < 4.78 is 24.9. The van der Waals surface area contributed by atoms with Crippen LogP contribution in [0.1, 0.15) is 31.9 Å². The van der Waals surface area contributed by atoms with Gasteiger partial charge in [-0.3, -0.25) is 0 Å². The zero-order valence-electron chi connectivity index (χ0n) is 28.1. The van der Waals surface area contributed by atoms with Crippen molar-refractivity contribution in [2.75, 3.05) is 12.4 Å². The van der Waals surface area contributed by atoms with Gasteiger partial charge in [-0.1, -0.05) is 42.5 Å². The maximum absolute atomic E-state index is 12.6. The zero-order valence-corrected chi connectivity index (χ0v) is 28.1. The van der Waals surface area contributed by atoms with Crippen molar-refractivity contribution in [3.63, 3.8) is 0 Å². The van der Waals surface area contributed by atoms with E-state index in [1.165, 1.54) is 6.08 Å². The number of benzene rings is 4. The molecule has 2 heterocycles. The Bertz CT molecular complexity index is 2180. The molecule has 50 heavy (non-hydrogen) atoms. The molecule has 0 aliphatic rings. The molecule has 0 aliphatic carbocycles. The van der Waals surface area contributed by atoms with Crippen LogP contribution in [-0.2, 0) is 16.1 Å². The Morgan fingerprint density at radius 1 is 0.860 bits per heavy atom. The molecular weight excluding hydrogens is 630 g/mol. The average Bonchev–Trinajstić information content (AvgIpc) is 3.45. The van der Waals surface area contributed by atoms with Gasteiger partial charge in [-0.2, -0.15) is 10.4 Å². The minimum atomic E-state index is -0.728. The van der Waals surface area contributed by atoms with Gasteiger partial charge >= 0.3 is 5.97 Å². The van der Waals surface area contributed by atoms with Gasteiger partial charge in [-0.25, -0.2) is 14.5 Å². The van der Waals surface area contributed by atoms with E-state index < -0.39 is 11.6 Å². The number of hydrogen-bond acceptors (Lipinski definition) is 9. The number of nitrogens with zero attached hydrogens (tertiary/aromatic N) is 4. The molecule has 0 saturated heterocycles. The molecule has 10 heteroatoms. The van der Waals surface area contributed by atoms with Gasteiger partial charge in [0.2, 0.25) is 0 Å². The first-order valence-corrected chi connectivity index (χ1v) is 15.9. The number of nitrogens with one attached hydrogen (secondary N) is 1. The van der Waals surface area contributed by atoms with Gasteiger partial charge in [-0.05, 0) is 98.6 Å². The van der Waals surface area contributed by atoms with Crippen LogP contribution in [0.15, 0.2) is 121 Å². The van der Waals surface area contributed by atoms with Crippen LogP contribution >= 0.6 is 0 Å². The van der Waals surface area contributed by atoms with Gasteiger partial charge in [0.1, 0.15) is 51.4 Å². The van der Waals surface area contributed by atoms with Crippen molar-refractivity contribution in [2.24, 2.45) is 0 Å². The second kappa shape index (κ2) is 14.7. The highest BCUT2D eigenvalue weighted by atomic mass is 16.6. The van der Waals surface area contributed by atoms with Crippen LogP contribution in [0.5, 0.6) is 28.7 Å². The van der Waals surface area contributed by atoms with E-state index in [2.05, 4.69) is 5.32 Å². The third-order valence-electron chi connectivity index (χ3n) is 7.32. The van der Waals surface area contributed by atoms with Gasteiger partial charge in [0, 0.05) is 18.0 Å². The summed E-state index contributed by atoms with van der Waals surface area (Å²) in [7, 11) is 1.63. The quantitative estimate of drug-likeness (QED) is 0.0821. The van der Waals surface area contributed by atoms with E-state index in [4.69, 9.17) is 29.0 Å². The molecule has 4 aromatic carbocycles. The van der Waals surface area contributed by atoms with E-state index in [0.29, 0.717) is 51.9 Å². The Morgan fingerprint density at radius 3 is 2.22 bits per heavy atom. The molecule has 10 nitrogen and oxygen atoms in total. The van der Waals surface area contributed by atoms with E-state index in [-0.39, 0.29) is 5.57 Å². The monoisotopic (exact) mass is 665 g/mol. The molecule has 2 aromatic heterocycles. The molecule has 0 saturated carbocycles. The van der Waals surface area contributed by atoms with Gasteiger partial charge in [-0.15, -0.1) is 0 Å². The van der Waals surface area contributed by atoms with Gasteiger partial charge < -0.3 is 24.3 Å². The van der Waals surface area contributed by atoms with Crippen molar-refractivity contribution in [3.05, 3.63) is 132 Å². The number of esters is 1. The molecule has 0 amide bonds. The second-order valence-corrected chi connectivity index (χ2v) is 12.3. The summed E-state index contributed by atoms with van der Waals surface area (Å²) in [6.45, 7) is 5.70. The van der Waals surface area contributed by atoms with Crippen LogP contribution in [0.3, 0.4) is 0 Å². The molecule has 6 aromatic rings. The highest BCUT2D eigenvalue weighted by molar-refractivity contribution is 5.98. The molecule has 250 valence electrons. The van der Waals surface area contributed by atoms with E-state index in [1.54, 1.807) is 46.2 Å². The molecule has 0 atom stereocenters. The molecule has 0 unspecified atom stereocenters. The number of aromatic nitrogens is 3. The van der Waals surface area contributed by atoms with E-state index in [0.717, 1.165) is 17.1 Å². The summed E-state index contributed by atoms with van der Waals surface area (Å²) in [6.07, 6.45) is 3.19. The van der Waals surface area contributed by atoms with Crippen LogP contribution in [0.2, 0.25) is 0 Å². The summed E-state index contributed by atoms with van der Waals surface area (Å²) in [5.74, 6) is 3.15. The van der Waals surface area contributed by atoms with Gasteiger partial charge in [0.25, 0.3) is 0 Å². The first-order valence-electron chi connectivity index (χ1n) is 15.9. The van der Waals surface area contributed by atoms with E-state index in [1.807, 2.05) is 108 Å². The predicted molar refractivity (Wildman–Crippen MR) is 192 cm³/mol. The smallest absolute Gasteiger partial charge is 0.349 e. The molecule has 6 rings (SSSR count). The molecule has 0 bridgehead atoms. The molecule has 0 spiro atoms. The number of rotatable bonds is 11. The number of methoxy groups -OCH3 is 1. The first-order chi connectivity index (χ1) is 24.2. The van der Waals surface area contributed by atoms with Crippen LogP contribution in [0.4, 0.5) is 11.5 Å². The lowest BCUT2D eigenvalue weighted by molar-refractivity contribution is -0.149. The number of anilines is 2. The van der Waals surface area contributed by atoms with Crippen molar-refractivity contribution in [2.45, 2.75) is 32.9 Å². The van der Waals surface area contributed by atoms with Crippen molar-refractivity contribution in [1.82, 2.24) is 14.8 Å². The summed E-state index contributed by atoms with van der Waals surface area (Å²) in [6, 6.07) is 35.8.